The van der Waals surface area contributed by atoms with Crippen molar-refractivity contribution in [3.8, 4) is 0 Å². The summed E-state index contributed by atoms with van der Waals surface area (Å²) in [5.74, 6) is 0. The molecule has 1 atom stereocenters. The normalized spacial score (nSPS) is 17.3. The van der Waals surface area contributed by atoms with Gasteiger partial charge in [-0.3, -0.25) is 0 Å². The maximum Gasteiger partial charge on any atom is 0.321 e. The molecule has 0 aromatic rings. The Kier molecular flexibility index (Phi) is 13.4. The molecule has 0 N–H and O–H groups in total. The van der Waals surface area contributed by atoms with Crippen molar-refractivity contribution in [3.63, 3.8) is 0 Å². The zero-order valence-electron chi connectivity index (χ0n) is 14.7. The van der Waals surface area contributed by atoms with Gasteiger partial charge in [0.2, 0.25) is 0 Å². The van der Waals surface area contributed by atoms with E-state index in [-0.39, 0.29) is 0 Å². The van der Waals surface area contributed by atoms with E-state index in [1.54, 1.807) is 0 Å². The van der Waals surface area contributed by atoms with Crippen LogP contribution in [0.4, 0.5) is 0 Å². The van der Waals surface area contributed by atoms with Crippen molar-refractivity contribution in [2.75, 3.05) is 33.0 Å². The highest BCUT2D eigenvalue weighted by Gasteiger charge is 2.21. The van der Waals surface area contributed by atoms with Crippen LogP contribution in [0, 0.1) is 0 Å². The lowest BCUT2D eigenvalue weighted by atomic mass is 10.1. The average Bonchev–Trinajstić information content (AvgIpc) is 3.33. The summed E-state index contributed by atoms with van der Waals surface area (Å²) in [5, 5.41) is 0. The molecule has 4 nitrogen and oxygen atoms in total. The highest BCUT2D eigenvalue weighted by atomic mass is 28.3. The number of rotatable bonds is 17. The summed E-state index contributed by atoms with van der Waals surface area (Å²) in [6.07, 6.45) is 10.9. The number of hydrogen-bond acceptors (Lipinski definition) is 4. The molecule has 1 saturated heterocycles. The molecular formula is C17H36O4Si. The molecule has 0 aliphatic carbocycles. The molecule has 5 heteroatoms. The number of hydrogen-bond donors (Lipinski definition) is 0. The molecule has 0 bridgehead atoms. The maximum absolute atomic E-state index is 5.69. The fourth-order valence-electron chi connectivity index (χ4n) is 2.54. The van der Waals surface area contributed by atoms with E-state index < -0.39 is 9.28 Å². The van der Waals surface area contributed by atoms with E-state index in [9.17, 15) is 0 Å². The SMILES string of the molecule is CCO[SiH](CCCCCCCCCCOCC1CO1)OCC. The lowest BCUT2D eigenvalue weighted by Gasteiger charge is -2.14. The molecule has 0 amide bonds. The summed E-state index contributed by atoms with van der Waals surface area (Å²) in [6, 6.07) is 1.17. The fraction of sp³-hybridized carbons (Fsp3) is 1.00. The van der Waals surface area contributed by atoms with Crippen LogP contribution in [0.25, 0.3) is 0 Å². The standard InChI is InChI=1S/C17H36O4Si/c1-3-20-22(21-4-2)14-12-10-8-6-5-7-9-11-13-18-15-17-16-19-17/h17,22H,3-16H2,1-2H3. The molecular weight excluding hydrogens is 296 g/mol. The number of ether oxygens (including phenoxy) is 2. The molecule has 0 spiro atoms. The van der Waals surface area contributed by atoms with Crippen LogP contribution in [-0.4, -0.2) is 48.4 Å². The minimum Gasteiger partial charge on any atom is -0.397 e. The third kappa shape index (κ3) is 12.6. The molecule has 0 radical (unpaired) electrons. The largest absolute Gasteiger partial charge is 0.397 e. The van der Waals surface area contributed by atoms with Gasteiger partial charge in [-0.15, -0.1) is 0 Å². The van der Waals surface area contributed by atoms with Crippen LogP contribution in [0.3, 0.4) is 0 Å². The zero-order valence-corrected chi connectivity index (χ0v) is 15.8. The molecule has 1 heterocycles. The summed E-state index contributed by atoms with van der Waals surface area (Å²) in [5.41, 5.74) is 0. The van der Waals surface area contributed by atoms with E-state index in [1.807, 2.05) is 0 Å². The molecule has 1 unspecified atom stereocenters. The fourth-order valence-corrected chi connectivity index (χ4v) is 4.34. The Labute approximate surface area is 138 Å². The number of epoxide rings is 1. The smallest absolute Gasteiger partial charge is 0.321 e. The van der Waals surface area contributed by atoms with Crippen molar-refractivity contribution in [3.05, 3.63) is 0 Å². The molecule has 1 aliphatic rings. The van der Waals surface area contributed by atoms with Crippen LogP contribution < -0.4 is 0 Å². The van der Waals surface area contributed by atoms with E-state index in [0.717, 1.165) is 33.0 Å². The minimum absolute atomic E-state index is 0.410. The Balaban J connectivity index is 1.73. The third-order valence-electron chi connectivity index (χ3n) is 3.89. The second kappa shape index (κ2) is 14.6. The second-order valence-electron chi connectivity index (χ2n) is 5.99. The molecule has 0 saturated carbocycles. The van der Waals surface area contributed by atoms with Crippen LogP contribution in [0.2, 0.25) is 6.04 Å². The van der Waals surface area contributed by atoms with Crippen LogP contribution in [0.5, 0.6) is 0 Å². The van der Waals surface area contributed by atoms with Gasteiger partial charge < -0.3 is 18.3 Å². The molecule has 1 fully saturated rings. The first-order valence-corrected chi connectivity index (χ1v) is 11.0. The van der Waals surface area contributed by atoms with Gasteiger partial charge in [0.1, 0.15) is 6.10 Å². The van der Waals surface area contributed by atoms with Gasteiger partial charge in [0.15, 0.2) is 0 Å². The Morgan fingerprint density at radius 3 is 1.95 bits per heavy atom. The molecule has 22 heavy (non-hydrogen) atoms. The zero-order chi connectivity index (χ0) is 15.9. The molecule has 1 rings (SSSR count). The van der Waals surface area contributed by atoms with Gasteiger partial charge in [-0.25, -0.2) is 0 Å². The quantitative estimate of drug-likeness (QED) is 0.231. The van der Waals surface area contributed by atoms with Gasteiger partial charge in [0.25, 0.3) is 0 Å². The predicted octanol–water partition coefficient (Wildman–Crippen LogP) is 3.82. The van der Waals surface area contributed by atoms with Crippen molar-refractivity contribution in [1.82, 2.24) is 0 Å². The Morgan fingerprint density at radius 2 is 1.41 bits per heavy atom. The van der Waals surface area contributed by atoms with Gasteiger partial charge in [-0.2, -0.15) is 0 Å². The van der Waals surface area contributed by atoms with Crippen molar-refractivity contribution >= 4 is 9.28 Å². The Morgan fingerprint density at radius 1 is 0.864 bits per heavy atom. The highest BCUT2D eigenvalue weighted by Crippen LogP contribution is 2.12. The first-order chi connectivity index (χ1) is 10.9. The summed E-state index contributed by atoms with van der Waals surface area (Å²) in [7, 11) is -1.34. The Hall–Kier alpha value is 0.0569. The maximum atomic E-state index is 5.69. The van der Waals surface area contributed by atoms with Crippen molar-refractivity contribution in [2.24, 2.45) is 0 Å². The molecule has 0 aromatic heterocycles. The summed E-state index contributed by atoms with van der Waals surface area (Å²) >= 11 is 0. The third-order valence-corrected chi connectivity index (χ3v) is 6.18. The van der Waals surface area contributed by atoms with E-state index in [0.29, 0.717) is 6.10 Å². The van der Waals surface area contributed by atoms with Crippen LogP contribution >= 0.6 is 0 Å². The van der Waals surface area contributed by atoms with E-state index in [1.165, 1.54) is 57.4 Å². The van der Waals surface area contributed by atoms with Crippen LogP contribution in [0.1, 0.15) is 65.2 Å². The summed E-state index contributed by atoms with van der Waals surface area (Å²) < 4.78 is 22.0. The lowest BCUT2D eigenvalue weighted by molar-refractivity contribution is 0.113. The first kappa shape index (κ1) is 20.1. The molecule has 0 aromatic carbocycles. The monoisotopic (exact) mass is 332 g/mol. The van der Waals surface area contributed by atoms with Gasteiger partial charge in [-0.1, -0.05) is 44.9 Å². The predicted molar refractivity (Wildman–Crippen MR) is 92.7 cm³/mol. The van der Waals surface area contributed by atoms with Gasteiger partial charge in [0, 0.05) is 19.8 Å². The summed E-state index contributed by atoms with van der Waals surface area (Å²) in [6.45, 7) is 8.32. The Bertz CT molecular complexity index is 231. The van der Waals surface area contributed by atoms with Crippen molar-refractivity contribution in [1.29, 1.82) is 0 Å². The van der Waals surface area contributed by atoms with Crippen molar-refractivity contribution < 1.29 is 18.3 Å². The summed E-state index contributed by atoms with van der Waals surface area (Å²) in [4.78, 5) is 0. The molecule has 132 valence electrons. The van der Waals surface area contributed by atoms with E-state index in [4.69, 9.17) is 18.3 Å². The minimum atomic E-state index is -1.34. The van der Waals surface area contributed by atoms with Gasteiger partial charge in [-0.05, 0) is 26.3 Å². The van der Waals surface area contributed by atoms with E-state index >= 15 is 0 Å². The highest BCUT2D eigenvalue weighted by molar-refractivity contribution is 6.44. The number of unbranched alkanes of at least 4 members (excludes halogenated alkanes) is 7. The first-order valence-electron chi connectivity index (χ1n) is 9.29. The van der Waals surface area contributed by atoms with Gasteiger partial charge in [0.05, 0.1) is 13.2 Å². The van der Waals surface area contributed by atoms with Crippen LogP contribution in [0.15, 0.2) is 0 Å². The second-order valence-corrected chi connectivity index (χ2v) is 8.09. The topological polar surface area (TPSA) is 40.2 Å². The van der Waals surface area contributed by atoms with E-state index in [2.05, 4.69) is 13.8 Å². The lowest BCUT2D eigenvalue weighted by Crippen LogP contribution is -2.22. The molecule has 1 aliphatic heterocycles. The van der Waals surface area contributed by atoms with Crippen molar-refractivity contribution in [2.45, 2.75) is 77.4 Å². The average molecular weight is 333 g/mol. The van der Waals surface area contributed by atoms with Crippen LogP contribution in [-0.2, 0) is 18.3 Å². The van der Waals surface area contributed by atoms with Gasteiger partial charge >= 0.3 is 9.28 Å².